The molecule has 0 aliphatic carbocycles. The van der Waals surface area contributed by atoms with Crippen molar-refractivity contribution in [2.45, 2.75) is 26.7 Å². The average Bonchev–Trinajstić information content (AvgIpc) is 3.00. The highest BCUT2D eigenvalue weighted by Gasteiger charge is 2.10. The average molecular weight is 393 g/mol. The summed E-state index contributed by atoms with van der Waals surface area (Å²) in [6.45, 7) is 4.27. The molecule has 3 aromatic rings. The van der Waals surface area contributed by atoms with Crippen molar-refractivity contribution in [1.82, 2.24) is 4.98 Å². The monoisotopic (exact) mass is 392 g/mol. The van der Waals surface area contributed by atoms with Crippen molar-refractivity contribution < 1.29 is 13.9 Å². The van der Waals surface area contributed by atoms with Crippen molar-refractivity contribution in [2.75, 3.05) is 11.9 Å². The lowest BCUT2D eigenvalue weighted by Gasteiger charge is -2.09. The van der Waals surface area contributed by atoms with E-state index in [4.69, 9.17) is 16.3 Å². The molecule has 0 spiro atoms. The smallest absolute Gasteiger partial charge is 0.226 e. The van der Waals surface area contributed by atoms with Gasteiger partial charge in [0, 0.05) is 11.4 Å². The number of amides is 1. The fourth-order valence-electron chi connectivity index (χ4n) is 2.56. The van der Waals surface area contributed by atoms with Gasteiger partial charge < -0.3 is 10.1 Å². The van der Waals surface area contributed by atoms with Crippen molar-refractivity contribution in [1.29, 1.82) is 0 Å². The Morgan fingerprint density at radius 3 is 2.73 bits per heavy atom. The van der Waals surface area contributed by atoms with Gasteiger partial charge in [0.25, 0.3) is 0 Å². The summed E-state index contributed by atoms with van der Waals surface area (Å²) in [6, 6.07) is 8.51. The summed E-state index contributed by atoms with van der Waals surface area (Å²) in [5.41, 5.74) is 2.20. The van der Waals surface area contributed by atoms with Crippen LogP contribution in [-0.4, -0.2) is 17.5 Å². The van der Waals surface area contributed by atoms with Crippen molar-refractivity contribution in [3.63, 3.8) is 0 Å². The maximum Gasteiger partial charge on any atom is 0.226 e. The molecule has 136 valence electrons. The van der Waals surface area contributed by atoms with Gasteiger partial charge in [0.05, 0.1) is 11.3 Å². The first-order chi connectivity index (χ1) is 12.4. The molecule has 1 aromatic heterocycles. The van der Waals surface area contributed by atoms with Crippen molar-refractivity contribution in [3.05, 3.63) is 52.3 Å². The van der Waals surface area contributed by atoms with Gasteiger partial charge in [-0.05, 0) is 55.7 Å². The lowest BCUT2D eigenvalue weighted by molar-refractivity contribution is -0.116. The molecule has 0 atom stereocenters. The van der Waals surface area contributed by atoms with E-state index in [1.165, 1.54) is 17.4 Å². The number of nitrogens with zero attached hydrogens (tertiary/aromatic N) is 1. The van der Waals surface area contributed by atoms with Crippen LogP contribution >= 0.6 is 22.9 Å². The Labute approximate surface area is 160 Å². The number of aromatic nitrogens is 1. The number of benzene rings is 2. The minimum atomic E-state index is -0.388. The van der Waals surface area contributed by atoms with Gasteiger partial charge in [0.15, 0.2) is 5.13 Å². The lowest BCUT2D eigenvalue weighted by atomic mass is 10.1. The lowest BCUT2D eigenvalue weighted by Crippen LogP contribution is -2.12. The quantitative estimate of drug-likeness (QED) is 0.563. The van der Waals surface area contributed by atoms with Gasteiger partial charge in [0.2, 0.25) is 5.91 Å². The molecule has 1 heterocycles. The molecule has 0 aliphatic rings. The van der Waals surface area contributed by atoms with Crippen LogP contribution in [0.25, 0.3) is 10.2 Å². The maximum absolute atomic E-state index is 13.6. The summed E-state index contributed by atoms with van der Waals surface area (Å²) in [4.78, 5) is 16.2. The standard InChI is InChI=1S/C19H18ClFN2O2S/c1-11-9-13(10-12(2)17(11)20)25-8-4-7-16(24)22-19-23-18-14(21)5-3-6-15(18)26-19/h3,5-6,9-10H,4,7-8H2,1-2H3,(H,22,23,24). The second-order valence-corrected chi connectivity index (χ2v) is 7.39. The molecule has 4 nitrogen and oxygen atoms in total. The molecule has 2 aromatic carbocycles. The number of thiazole rings is 1. The fraction of sp³-hybridized carbons (Fsp3) is 0.263. The van der Waals surface area contributed by atoms with Crippen LogP contribution in [0.3, 0.4) is 0 Å². The molecule has 3 rings (SSSR count). The van der Waals surface area contributed by atoms with E-state index in [1.807, 2.05) is 26.0 Å². The highest BCUT2D eigenvalue weighted by Crippen LogP contribution is 2.28. The zero-order valence-corrected chi connectivity index (χ0v) is 16.0. The van der Waals surface area contributed by atoms with Crippen LogP contribution in [0.15, 0.2) is 30.3 Å². The number of hydrogen-bond acceptors (Lipinski definition) is 4. The van der Waals surface area contributed by atoms with E-state index in [9.17, 15) is 9.18 Å². The summed E-state index contributed by atoms with van der Waals surface area (Å²) in [5.74, 6) is 0.184. The Bertz CT molecular complexity index is 935. The van der Waals surface area contributed by atoms with E-state index in [0.29, 0.717) is 29.3 Å². The number of para-hydroxylation sites is 1. The molecule has 0 unspecified atom stereocenters. The first-order valence-electron chi connectivity index (χ1n) is 8.18. The molecule has 0 radical (unpaired) electrons. The van der Waals surface area contributed by atoms with Gasteiger partial charge in [-0.15, -0.1) is 0 Å². The Kier molecular flexibility index (Phi) is 5.74. The number of nitrogens with one attached hydrogen (secondary N) is 1. The molecule has 0 saturated carbocycles. The zero-order valence-electron chi connectivity index (χ0n) is 14.4. The highest BCUT2D eigenvalue weighted by atomic mass is 35.5. The van der Waals surface area contributed by atoms with Gasteiger partial charge in [-0.3, -0.25) is 4.79 Å². The molecule has 26 heavy (non-hydrogen) atoms. The van der Waals surface area contributed by atoms with Crippen LogP contribution in [0.4, 0.5) is 9.52 Å². The molecule has 1 N–H and O–H groups in total. The predicted molar refractivity (Wildman–Crippen MR) is 104 cm³/mol. The normalized spacial score (nSPS) is 10.9. The van der Waals surface area contributed by atoms with Gasteiger partial charge in [-0.1, -0.05) is 29.0 Å². The Hall–Kier alpha value is -2.18. The summed E-state index contributed by atoms with van der Waals surface area (Å²) in [6.07, 6.45) is 0.857. The maximum atomic E-state index is 13.6. The number of rotatable bonds is 6. The third kappa shape index (κ3) is 4.31. The molecule has 1 amide bonds. The Morgan fingerprint density at radius 2 is 2.04 bits per heavy atom. The van der Waals surface area contributed by atoms with Crippen LogP contribution in [0.5, 0.6) is 5.75 Å². The fourth-order valence-corrected chi connectivity index (χ4v) is 3.57. The molecule has 0 fully saturated rings. The van der Waals surface area contributed by atoms with Crippen molar-refractivity contribution in [2.24, 2.45) is 0 Å². The first kappa shape index (κ1) is 18.6. The molecular weight excluding hydrogens is 375 g/mol. The largest absolute Gasteiger partial charge is 0.494 e. The number of carbonyl (C=O) groups is 1. The molecule has 0 bridgehead atoms. The summed E-state index contributed by atoms with van der Waals surface area (Å²) >= 11 is 7.39. The van der Waals surface area contributed by atoms with E-state index in [0.717, 1.165) is 21.9 Å². The third-order valence-corrected chi connectivity index (χ3v) is 5.38. The van der Waals surface area contributed by atoms with Gasteiger partial charge in [-0.2, -0.15) is 0 Å². The second-order valence-electron chi connectivity index (χ2n) is 5.98. The van der Waals surface area contributed by atoms with E-state index >= 15 is 0 Å². The number of carbonyl (C=O) groups excluding carboxylic acids is 1. The van der Waals surface area contributed by atoms with Crippen molar-refractivity contribution >= 4 is 44.2 Å². The number of aryl methyl sites for hydroxylation is 2. The SMILES string of the molecule is Cc1cc(OCCCC(=O)Nc2nc3c(F)cccc3s2)cc(C)c1Cl. The third-order valence-electron chi connectivity index (χ3n) is 3.84. The van der Waals surface area contributed by atoms with Crippen molar-refractivity contribution in [3.8, 4) is 5.75 Å². The van der Waals surface area contributed by atoms with E-state index in [-0.39, 0.29) is 17.2 Å². The van der Waals surface area contributed by atoms with Crippen LogP contribution in [-0.2, 0) is 4.79 Å². The van der Waals surface area contributed by atoms with Crippen LogP contribution in [0, 0.1) is 19.7 Å². The van der Waals surface area contributed by atoms with E-state index in [1.54, 1.807) is 12.1 Å². The summed E-state index contributed by atoms with van der Waals surface area (Å²) in [7, 11) is 0. The number of halogens is 2. The number of ether oxygens (including phenoxy) is 1. The first-order valence-corrected chi connectivity index (χ1v) is 9.38. The number of hydrogen-bond donors (Lipinski definition) is 1. The Balaban J connectivity index is 1.49. The predicted octanol–water partition coefficient (Wildman–Crippen LogP) is 5.50. The van der Waals surface area contributed by atoms with Crippen LogP contribution in [0.1, 0.15) is 24.0 Å². The minimum absolute atomic E-state index is 0.170. The van der Waals surface area contributed by atoms with Gasteiger partial charge >= 0.3 is 0 Å². The topological polar surface area (TPSA) is 51.2 Å². The molecular formula is C19H18ClFN2O2S. The summed E-state index contributed by atoms with van der Waals surface area (Å²) in [5, 5.41) is 3.85. The van der Waals surface area contributed by atoms with Gasteiger partial charge in [0.1, 0.15) is 17.1 Å². The second kappa shape index (κ2) is 8.01. The molecule has 7 heteroatoms. The highest BCUT2D eigenvalue weighted by molar-refractivity contribution is 7.22. The number of anilines is 1. The Morgan fingerprint density at radius 1 is 1.31 bits per heavy atom. The minimum Gasteiger partial charge on any atom is -0.494 e. The zero-order chi connectivity index (χ0) is 18.7. The molecule has 0 aliphatic heterocycles. The van der Waals surface area contributed by atoms with E-state index in [2.05, 4.69) is 10.3 Å². The summed E-state index contributed by atoms with van der Waals surface area (Å²) < 4.78 is 20.0. The van der Waals surface area contributed by atoms with Crippen LogP contribution < -0.4 is 10.1 Å². The molecule has 0 saturated heterocycles. The number of fused-ring (bicyclic) bond motifs is 1. The van der Waals surface area contributed by atoms with E-state index < -0.39 is 0 Å². The van der Waals surface area contributed by atoms with Gasteiger partial charge in [-0.25, -0.2) is 9.37 Å². The van der Waals surface area contributed by atoms with Crippen LogP contribution in [0.2, 0.25) is 5.02 Å².